The highest BCUT2D eigenvalue weighted by molar-refractivity contribution is 5.91. The maximum atomic E-state index is 11.6. The van der Waals surface area contributed by atoms with Gasteiger partial charge >= 0.3 is 0 Å². The molecule has 110 valence electrons. The molecule has 0 saturated heterocycles. The minimum absolute atomic E-state index is 0.000152. The highest BCUT2D eigenvalue weighted by Crippen LogP contribution is 2.06. The second-order valence-electron chi connectivity index (χ2n) is 5.16. The molecule has 1 rings (SSSR count). The van der Waals surface area contributed by atoms with Crippen molar-refractivity contribution in [1.29, 1.82) is 0 Å². The van der Waals surface area contributed by atoms with Gasteiger partial charge in [0.05, 0.1) is 0 Å². The summed E-state index contributed by atoms with van der Waals surface area (Å²) in [6.45, 7) is 3.02. The number of unbranched alkanes of at least 4 members (excludes halogenated alkanes) is 6. The average molecular weight is 273 g/mol. The van der Waals surface area contributed by atoms with Crippen LogP contribution in [0, 0.1) is 0 Å². The lowest BCUT2D eigenvalue weighted by atomic mass is 10.1. The Morgan fingerprint density at radius 1 is 1.00 bits per heavy atom. The second-order valence-corrected chi connectivity index (χ2v) is 5.16. The fraction of sp³-hybridized carbons (Fsp3) is 0.500. The second kappa shape index (κ2) is 11.3. The van der Waals surface area contributed by atoms with Gasteiger partial charge in [0.25, 0.3) is 0 Å². The lowest BCUT2D eigenvalue weighted by molar-refractivity contribution is -0.116. The predicted octanol–water partition coefficient (Wildman–Crippen LogP) is 4.57. The molecule has 0 fully saturated rings. The summed E-state index contributed by atoms with van der Waals surface area (Å²) in [5, 5.41) is 2.93. The summed E-state index contributed by atoms with van der Waals surface area (Å²) in [7, 11) is 0. The zero-order chi connectivity index (χ0) is 14.5. The molecule has 20 heavy (non-hydrogen) atoms. The molecule has 1 N–H and O–H groups in total. The molecule has 1 aromatic rings. The Hall–Kier alpha value is -1.57. The summed E-state index contributed by atoms with van der Waals surface area (Å²) in [6.07, 6.45) is 12.4. The quantitative estimate of drug-likeness (QED) is 0.491. The Kier molecular flexibility index (Phi) is 9.29. The number of amides is 1. The summed E-state index contributed by atoms with van der Waals surface area (Å²) in [4.78, 5) is 11.6. The van der Waals surface area contributed by atoms with Gasteiger partial charge in [-0.25, -0.2) is 0 Å². The van der Waals surface area contributed by atoms with E-state index in [1.54, 1.807) is 6.08 Å². The van der Waals surface area contributed by atoms with Crippen LogP contribution in [0.5, 0.6) is 0 Å². The van der Waals surface area contributed by atoms with E-state index in [1.165, 1.54) is 38.5 Å². The van der Waals surface area contributed by atoms with E-state index in [0.29, 0.717) is 0 Å². The van der Waals surface area contributed by atoms with Crippen molar-refractivity contribution >= 4 is 12.0 Å². The molecular formula is C18H27NO. The number of nitrogens with one attached hydrogen (secondary N) is 1. The molecular weight excluding hydrogens is 246 g/mol. The van der Waals surface area contributed by atoms with E-state index in [1.807, 2.05) is 36.4 Å². The topological polar surface area (TPSA) is 29.1 Å². The number of carbonyl (C=O) groups is 1. The van der Waals surface area contributed by atoms with Gasteiger partial charge in [-0.1, -0.05) is 75.8 Å². The molecule has 2 nitrogen and oxygen atoms in total. The number of carbonyl (C=O) groups excluding carboxylic acids is 1. The van der Waals surface area contributed by atoms with Gasteiger partial charge in [-0.05, 0) is 18.1 Å². The van der Waals surface area contributed by atoms with Crippen molar-refractivity contribution in [2.75, 3.05) is 6.54 Å². The van der Waals surface area contributed by atoms with Crippen molar-refractivity contribution in [3.63, 3.8) is 0 Å². The van der Waals surface area contributed by atoms with E-state index in [0.717, 1.165) is 18.5 Å². The van der Waals surface area contributed by atoms with Gasteiger partial charge in [0, 0.05) is 12.6 Å². The summed E-state index contributed by atoms with van der Waals surface area (Å²) < 4.78 is 0. The number of benzene rings is 1. The molecule has 0 spiro atoms. The molecule has 0 saturated carbocycles. The third-order valence-electron chi connectivity index (χ3n) is 3.31. The van der Waals surface area contributed by atoms with Crippen LogP contribution < -0.4 is 5.32 Å². The van der Waals surface area contributed by atoms with Gasteiger partial charge < -0.3 is 5.32 Å². The van der Waals surface area contributed by atoms with Gasteiger partial charge in [-0.3, -0.25) is 4.79 Å². The summed E-state index contributed by atoms with van der Waals surface area (Å²) >= 11 is 0. The van der Waals surface area contributed by atoms with E-state index in [2.05, 4.69) is 12.2 Å². The Labute approximate surface area is 123 Å². The fourth-order valence-corrected chi connectivity index (χ4v) is 2.09. The minimum atomic E-state index is -0.000152. The van der Waals surface area contributed by atoms with E-state index in [9.17, 15) is 4.79 Å². The van der Waals surface area contributed by atoms with E-state index in [-0.39, 0.29) is 5.91 Å². The van der Waals surface area contributed by atoms with E-state index < -0.39 is 0 Å². The van der Waals surface area contributed by atoms with Crippen LogP contribution in [0.4, 0.5) is 0 Å². The number of rotatable bonds is 10. The van der Waals surface area contributed by atoms with Gasteiger partial charge in [-0.15, -0.1) is 0 Å². The molecule has 1 aromatic carbocycles. The third-order valence-corrected chi connectivity index (χ3v) is 3.31. The Morgan fingerprint density at radius 3 is 2.35 bits per heavy atom. The van der Waals surface area contributed by atoms with Gasteiger partial charge in [-0.2, -0.15) is 0 Å². The maximum Gasteiger partial charge on any atom is 0.243 e. The van der Waals surface area contributed by atoms with E-state index in [4.69, 9.17) is 0 Å². The van der Waals surface area contributed by atoms with Crippen LogP contribution in [0.3, 0.4) is 0 Å². The smallest absolute Gasteiger partial charge is 0.243 e. The normalized spacial score (nSPS) is 10.8. The molecule has 0 unspecified atom stereocenters. The molecule has 0 bridgehead atoms. The molecule has 0 aromatic heterocycles. The van der Waals surface area contributed by atoms with Gasteiger partial charge in [0.15, 0.2) is 0 Å². The van der Waals surface area contributed by atoms with Crippen LogP contribution in [-0.2, 0) is 4.79 Å². The molecule has 0 radical (unpaired) electrons. The van der Waals surface area contributed by atoms with Crippen molar-refractivity contribution in [3.05, 3.63) is 42.0 Å². The zero-order valence-electron chi connectivity index (χ0n) is 12.6. The minimum Gasteiger partial charge on any atom is -0.353 e. The van der Waals surface area contributed by atoms with Crippen LogP contribution in [0.2, 0.25) is 0 Å². The Bertz CT molecular complexity index is 384. The molecule has 1 amide bonds. The van der Waals surface area contributed by atoms with Crippen molar-refractivity contribution < 1.29 is 4.79 Å². The first-order chi connectivity index (χ1) is 9.83. The Morgan fingerprint density at radius 2 is 1.65 bits per heavy atom. The monoisotopic (exact) mass is 273 g/mol. The molecule has 0 atom stereocenters. The first-order valence-electron chi connectivity index (χ1n) is 7.84. The summed E-state index contributed by atoms with van der Waals surface area (Å²) in [6, 6.07) is 9.88. The summed E-state index contributed by atoms with van der Waals surface area (Å²) in [5.74, 6) is -0.000152. The molecule has 0 heterocycles. The lowest BCUT2D eigenvalue weighted by Gasteiger charge is -2.02. The van der Waals surface area contributed by atoms with Gasteiger partial charge in [0.1, 0.15) is 0 Å². The molecule has 2 heteroatoms. The highest BCUT2D eigenvalue weighted by atomic mass is 16.1. The number of hydrogen-bond acceptors (Lipinski definition) is 1. The zero-order valence-corrected chi connectivity index (χ0v) is 12.6. The lowest BCUT2D eigenvalue weighted by Crippen LogP contribution is -2.21. The van der Waals surface area contributed by atoms with Crippen molar-refractivity contribution in [3.8, 4) is 0 Å². The van der Waals surface area contributed by atoms with Crippen LogP contribution >= 0.6 is 0 Å². The fourth-order valence-electron chi connectivity index (χ4n) is 2.09. The van der Waals surface area contributed by atoms with Gasteiger partial charge in [0.2, 0.25) is 5.91 Å². The van der Waals surface area contributed by atoms with Crippen molar-refractivity contribution in [2.45, 2.75) is 51.9 Å². The first kappa shape index (κ1) is 16.5. The van der Waals surface area contributed by atoms with E-state index >= 15 is 0 Å². The van der Waals surface area contributed by atoms with Crippen LogP contribution in [0.15, 0.2) is 36.4 Å². The largest absolute Gasteiger partial charge is 0.353 e. The highest BCUT2D eigenvalue weighted by Gasteiger charge is 1.95. The number of hydrogen-bond donors (Lipinski definition) is 1. The van der Waals surface area contributed by atoms with Crippen LogP contribution in [0.25, 0.3) is 6.08 Å². The molecule has 0 aliphatic rings. The van der Waals surface area contributed by atoms with Crippen LogP contribution in [-0.4, -0.2) is 12.5 Å². The standard InChI is InChI=1S/C18H27NO/c1-2-3-4-5-6-7-11-16-19-18(20)15-14-17-12-9-8-10-13-17/h8-10,12-15H,2-7,11,16H2,1H3,(H,19,20). The average Bonchev–Trinajstić information content (AvgIpc) is 2.49. The van der Waals surface area contributed by atoms with Crippen molar-refractivity contribution in [1.82, 2.24) is 5.32 Å². The maximum absolute atomic E-state index is 11.6. The first-order valence-corrected chi connectivity index (χ1v) is 7.84. The summed E-state index contributed by atoms with van der Waals surface area (Å²) in [5.41, 5.74) is 1.05. The Balaban J connectivity index is 2.02. The predicted molar refractivity (Wildman–Crippen MR) is 86.5 cm³/mol. The van der Waals surface area contributed by atoms with Crippen molar-refractivity contribution in [2.24, 2.45) is 0 Å². The molecule has 0 aliphatic carbocycles. The SMILES string of the molecule is CCCCCCCCCNC(=O)C=Cc1ccccc1. The van der Waals surface area contributed by atoms with Crippen LogP contribution in [0.1, 0.15) is 57.4 Å². The molecule has 0 aliphatic heterocycles. The third kappa shape index (κ3) is 8.52.